The normalized spacial score (nSPS) is 12.8. The average molecular weight is 295 g/mol. The van der Waals surface area contributed by atoms with E-state index >= 15 is 0 Å². The number of nitrogens with one attached hydrogen (secondary N) is 2. The summed E-state index contributed by atoms with van der Waals surface area (Å²) >= 11 is 0. The van der Waals surface area contributed by atoms with E-state index in [1.165, 1.54) is 10.6 Å². The summed E-state index contributed by atoms with van der Waals surface area (Å²) in [5.74, 6) is 0. The molecule has 0 aromatic carbocycles. The molecule has 0 aliphatic heterocycles. The first kappa shape index (κ1) is 17.2. The number of amides is 2. The van der Waals surface area contributed by atoms with Gasteiger partial charge in [0.25, 0.3) is 5.56 Å². The zero-order valence-electron chi connectivity index (χ0n) is 13.1. The van der Waals surface area contributed by atoms with E-state index in [0.717, 1.165) is 0 Å². The molecule has 1 aromatic rings. The van der Waals surface area contributed by atoms with Crippen LogP contribution in [0.3, 0.4) is 0 Å². The van der Waals surface area contributed by atoms with Crippen LogP contribution in [0.4, 0.5) is 10.5 Å². The van der Waals surface area contributed by atoms with Crippen molar-refractivity contribution in [2.45, 2.75) is 46.8 Å². The van der Waals surface area contributed by atoms with Gasteiger partial charge in [0.1, 0.15) is 0 Å². The molecule has 0 spiro atoms. The fraction of sp³-hybridized carbons (Fsp3) is 0.600. The predicted octanol–water partition coefficient (Wildman–Crippen LogP) is 1.79. The van der Waals surface area contributed by atoms with Gasteiger partial charge in [-0.1, -0.05) is 13.8 Å². The fourth-order valence-corrected chi connectivity index (χ4v) is 2.22. The molecular weight excluding hydrogens is 270 g/mol. The van der Waals surface area contributed by atoms with Crippen LogP contribution in [0.2, 0.25) is 0 Å². The molecule has 2 amide bonds. The number of rotatable bonds is 6. The Labute approximate surface area is 125 Å². The Morgan fingerprint density at radius 3 is 2.67 bits per heavy atom. The average Bonchev–Trinajstić information content (AvgIpc) is 2.37. The second kappa shape index (κ2) is 7.26. The van der Waals surface area contributed by atoms with Gasteiger partial charge in [0.05, 0.1) is 11.8 Å². The zero-order chi connectivity index (χ0) is 16.0. The first-order chi connectivity index (χ1) is 9.73. The Morgan fingerprint density at radius 1 is 1.43 bits per heavy atom. The van der Waals surface area contributed by atoms with E-state index < -0.39 is 6.10 Å². The predicted molar refractivity (Wildman–Crippen MR) is 83.5 cm³/mol. The highest BCUT2D eigenvalue weighted by atomic mass is 16.3. The van der Waals surface area contributed by atoms with Gasteiger partial charge in [0, 0.05) is 25.4 Å². The first-order valence-corrected chi connectivity index (χ1v) is 7.17. The van der Waals surface area contributed by atoms with Crippen LogP contribution >= 0.6 is 0 Å². The van der Waals surface area contributed by atoms with Gasteiger partial charge >= 0.3 is 6.03 Å². The summed E-state index contributed by atoms with van der Waals surface area (Å²) in [4.78, 5) is 23.3. The van der Waals surface area contributed by atoms with Crippen molar-refractivity contribution in [3.63, 3.8) is 0 Å². The first-order valence-electron chi connectivity index (χ1n) is 7.17. The number of anilines is 1. The monoisotopic (exact) mass is 295 g/mol. The standard InChI is InChI=1S/C15H25N3O3/c1-5-18-9-12(6-7-13(18)20)17-14(21)16-10-15(3,4)8-11(2)19/h6-7,9,11,19H,5,8,10H2,1-4H3,(H2,16,17,21). The summed E-state index contributed by atoms with van der Waals surface area (Å²) in [6.07, 6.45) is 1.81. The molecule has 0 aliphatic rings. The minimum absolute atomic E-state index is 0.0958. The van der Waals surface area contributed by atoms with Gasteiger partial charge in [-0.05, 0) is 31.7 Å². The van der Waals surface area contributed by atoms with Crippen LogP contribution in [0.1, 0.15) is 34.1 Å². The number of hydrogen-bond donors (Lipinski definition) is 3. The smallest absolute Gasteiger partial charge is 0.319 e. The van der Waals surface area contributed by atoms with E-state index in [4.69, 9.17) is 0 Å². The quantitative estimate of drug-likeness (QED) is 0.748. The second-order valence-electron chi connectivity index (χ2n) is 6.07. The van der Waals surface area contributed by atoms with Gasteiger partial charge in [-0.2, -0.15) is 0 Å². The Balaban J connectivity index is 2.56. The third kappa shape index (κ3) is 5.99. The number of urea groups is 1. The number of aromatic nitrogens is 1. The van der Waals surface area contributed by atoms with Gasteiger partial charge in [-0.3, -0.25) is 4.79 Å². The topological polar surface area (TPSA) is 83.4 Å². The minimum atomic E-state index is -0.405. The number of nitrogens with zero attached hydrogens (tertiary/aromatic N) is 1. The number of pyridine rings is 1. The van der Waals surface area contributed by atoms with Crippen molar-refractivity contribution in [3.8, 4) is 0 Å². The van der Waals surface area contributed by atoms with Gasteiger partial charge < -0.3 is 20.3 Å². The van der Waals surface area contributed by atoms with Crippen molar-refractivity contribution in [3.05, 3.63) is 28.7 Å². The Kier molecular flexibility index (Phi) is 5.96. The van der Waals surface area contributed by atoms with Crippen LogP contribution in [0, 0.1) is 5.41 Å². The van der Waals surface area contributed by atoms with Crippen molar-refractivity contribution in [2.24, 2.45) is 5.41 Å². The van der Waals surface area contributed by atoms with Crippen molar-refractivity contribution in [1.29, 1.82) is 0 Å². The third-order valence-corrected chi connectivity index (χ3v) is 3.16. The molecule has 0 fully saturated rings. The zero-order valence-corrected chi connectivity index (χ0v) is 13.1. The van der Waals surface area contributed by atoms with Gasteiger partial charge in [0.2, 0.25) is 0 Å². The Hall–Kier alpha value is -1.82. The van der Waals surface area contributed by atoms with E-state index in [9.17, 15) is 14.7 Å². The molecule has 1 atom stereocenters. The van der Waals surface area contributed by atoms with E-state index in [-0.39, 0.29) is 17.0 Å². The van der Waals surface area contributed by atoms with Gasteiger partial charge in [-0.15, -0.1) is 0 Å². The van der Waals surface area contributed by atoms with Crippen molar-refractivity contribution in [2.75, 3.05) is 11.9 Å². The molecule has 6 nitrogen and oxygen atoms in total. The molecule has 0 radical (unpaired) electrons. The van der Waals surface area contributed by atoms with Crippen LogP contribution in [-0.2, 0) is 6.54 Å². The fourth-order valence-electron chi connectivity index (χ4n) is 2.22. The number of aliphatic hydroxyl groups excluding tert-OH is 1. The summed E-state index contributed by atoms with van der Waals surface area (Å²) in [5, 5.41) is 14.9. The molecule has 21 heavy (non-hydrogen) atoms. The molecular formula is C15H25N3O3. The molecule has 1 heterocycles. The van der Waals surface area contributed by atoms with Crippen molar-refractivity contribution >= 4 is 11.7 Å². The third-order valence-electron chi connectivity index (χ3n) is 3.16. The molecule has 3 N–H and O–H groups in total. The number of aliphatic hydroxyl groups is 1. The maximum atomic E-state index is 11.9. The highest BCUT2D eigenvalue weighted by Gasteiger charge is 2.21. The molecule has 0 bridgehead atoms. The van der Waals surface area contributed by atoms with E-state index in [1.807, 2.05) is 20.8 Å². The summed E-state index contributed by atoms with van der Waals surface area (Å²) in [6, 6.07) is 2.68. The Morgan fingerprint density at radius 2 is 2.10 bits per heavy atom. The SMILES string of the molecule is CCn1cc(NC(=O)NCC(C)(C)CC(C)O)ccc1=O. The highest BCUT2D eigenvalue weighted by Crippen LogP contribution is 2.21. The molecule has 0 saturated heterocycles. The molecule has 0 aliphatic carbocycles. The number of carbonyl (C=O) groups is 1. The molecule has 6 heteroatoms. The second-order valence-corrected chi connectivity index (χ2v) is 6.07. The summed E-state index contributed by atoms with van der Waals surface area (Å²) in [5.41, 5.74) is 0.289. The molecule has 118 valence electrons. The van der Waals surface area contributed by atoms with Gasteiger partial charge in [-0.25, -0.2) is 4.79 Å². The molecule has 1 unspecified atom stereocenters. The lowest BCUT2D eigenvalue weighted by molar-refractivity contribution is 0.129. The summed E-state index contributed by atoms with van der Waals surface area (Å²) < 4.78 is 1.52. The lowest BCUT2D eigenvalue weighted by Crippen LogP contribution is -2.38. The van der Waals surface area contributed by atoms with E-state index in [1.54, 1.807) is 19.2 Å². The summed E-state index contributed by atoms with van der Waals surface area (Å²) in [6.45, 7) is 8.57. The Bertz CT molecular complexity index is 535. The lowest BCUT2D eigenvalue weighted by atomic mass is 9.87. The largest absolute Gasteiger partial charge is 0.393 e. The van der Waals surface area contributed by atoms with Crippen LogP contribution in [0.5, 0.6) is 0 Å². The maximum absolute atomic E-state index is 11.9. The summed E-state index contributed by atoms with van der Waals surface area (Å²) in [7, 11) is 0. The van der Waals surface area contributed by atoms with Crippen LogP contribution in [-0.4, -0.2) is 28.4 Å². The molecule has 1 aromatic heterocycles. The van der Waals surface area contributed by atoms with Crippen molar-refractivity contribution in [1.82, 2.24) is 9.88 Å². The van der Waals surface area contributed by atoms with Crippen LogP contribution in [0.25, 0.3) is 0 Å². The van der Waals surface area contributed by atoms with E-state index in [0.29, 0.717) is 25.2 Å². The molecule has 0 saturated carbocycles. The van der Waals surface area contributed by atoms with E-state index in [2.05, 4.69) is 10.6 Å². The molecule has 1 rings (SSSR count). The maximum Gasteiger partial charge on any atom is 0.319 e. The van der Waals surface area contributed by atoms with Crippen LogP contribution < -0.4 is 16.2 Å². The number of carbonyl (C=O) groups excluding carboxylic acids is 1. The number of hydrogen-bond acceptors (Lipinski definition) is 3. The van der Waals surface area contributed by atoms with Gasteiger partial charge in [0.15, 0.2) is 0 Å². The minimum Gasteiger partial charge on any atom is -0.393 e. The number of aryl methyl sites for hydroxylation is 1. The van der Waals surface area contributed by atoms with Crippen LogP contribution in [0.15, 0.2) is 23.1 Å². The lowest BCUT2D eigenvalue weighted by Gasteiger charge is -2.26. The highest BCUT2D eigenvalue weighted by molar-refractivity contribution is 5.88. The van der Waals surface area contributed by atoms with Crippen molar-refractivity contribution < 1.29 is 9.90 Å².